The fourth-order valence-corrected chi connectivity index (χ4v) is 3.11. The van der Waals surface area contributed by atoms with Gasteiger partial charge in [-0.3, -0.25) is 14.9 Å². The van der Waals surface area contributed by atoms with Crippen LogP contribution in [0.4, 0.5) is 5.69 Å². The molecule has 6 heteroatoms. The van der Waals surface area contributed by atoms with Crippen molar-refractivity contribution in [2.24, 2.45) is 0 Å². The largest absolute Gasteiger partial charge is 0.346 e. The van der Waals surface area contributed by atoms with Crippen molar-refractivity contribution >= 4 is 40.9 Å². The zero-order valence-corrected chi connectivity index (χ0v) is 17.9. The molecule has 3 N–H and O–H groups in total. The van der Waals surface area contributed by atoms with Crippen molar-refractivity contribution in [2.75, 3.05) is 5.32 Å². The second kappa shape index (κ2) is 10.8. The van der Waals surface area contributed by atoms with Gasteiger partial charge in [-0.25, -0.2) is 0 Å². The molecule has 0 aliphatic heterocycles. The maximum Gasteiger partial charge on any atom is 0.251 e. The van der Waals surface area contributed by atoms with Crippen LogP contribution in [0.15, 0.2) is 91.0 Å². The molecular weight excluding hydrogens is 406 g/mol. The monoisotopic (exact) mass is 429 g/mol. The third-order valence-corrected chi connectivity index (χ3v) is 4.70. The third-order valence-electron chi connectivity index (χ3n) is 4.49. The lowest BCUT2D eigenvalue weighted by Gasteiger charge is -2.15. The number of rotatable bonds is 6. The Morgan fingerprint density at radius 1 is 0.903 bits per heavy atom. The molecule has 0 aliphatic rings. The minimum atomic E-state index is -0.341. The highest BCUT2D eigenvalue weighted by Crippen LogP contribution is 2.15. The van der Waals surface area contributed by atoms with E-state index in [1.807, 2.05) is 67.6 Å². The van der Waals surface area contributed by atoms with E-state index in [0.717, 1.165) is 11.1 Å². The lowest BCUT2D eigenvalue weighted by molar-refractivity contribution is -0.115. The molecule has 3 aromatic rings. The molecular formula is C25H23N3O2S. The van der Waals surface area contributed by atoms with Crippen LogP contribution in [0, 0.1) is 0 Å². The van der Waals surface area contributed by atoms with E-state index in [1.54, 1.807) is 30.3 Å². The third kappa shape index (κ3) is 6.90. The molecule has 0 spiro atoms. The Kier molecular flexibility index (Phi) is 7.67. The van der Waals surface area contributed by atoms with Crippen molar-refractivity contribution in [1.82, 2.24) is 10.6 Å². The van der Waals surface area contributed by atoms with E-state index in [1.165, 1.54) is 6.08 Å². The molecule has 156 valence electrons. The van der Waals surface area contributed by atoms with Crippen LogP contribution in [-0.4, -0.2) is 16.9 Å². The van der Waals surface area contributed by atoms with Crippen LogP contribution in [0.5, 0.6) is 0 Å². The molecule has 0 saturated carbocycles. The summed E-state index contributed by atoms with van der Waals surface area (Å²) in [5.74, 6) is -0.535. The second-order valence-electron chi connectivity index (χ2n) is 6.87. The molecule has 0 aliphatic carbocycles. The van der Waals surface area contributed by atoms with Gasteiger partial charge in [0.2, 0.25) is 5.91 Å². The van der Waals surface area contributed by atoms with Gasteiger partial charge in [0.15, 0.2) is 5.11 Å². The molecule has 5 nitrogen and oxygen atoms in total. The van der Waals surface area contributed by atoms with Gasteiger partial charge in [-0.15, -0.1) is 0 Å². The van der Waals surface area contributed by atoms with Gasteiger partial charge in [-0.1, -0.05) is 66.7 Å². The van der Waals surface area contributed by atoms with Crippen LogP contribution < -0.4 is 16.0 Å². The summed E-state index contributed by atoms with van der Waals surface area (Å²) in [6.45, 7) is 1.93. The maximum atomic E-state index is 12.6. The number of carbonyl (C=O) groups is 2. The molecule has 0 radical (unpaired) electrons. The molecule has 1 unspecified atom stereocenters. The Morgan fingerprint density at radius 2 is 1.58 bits per heavy atom. The summed E-state index contributed by atoms with van der Waals surface area (Å²) in [7, 11) is 0. The fraction of sp³-hybridized carbons (Fsp3) is 0.0800. The van der Waals surface area contributed by atoms with Gasteiger partial charge in [0.25, 0.3) is 5.91 Å². The number of carbonyl (C=O) groups excluding carboxylic acids is 2. The van der Waals surface area contributed by atoms with E-state index in [9.17, 15) is 9.59 Å². The number of hydrogen-bond acceptors (Lipinski definition) is 3. The minimum absolute atomic E-state index is 0.123. The van der Waals surface area contributed by atoms with Crippen LogP contribution in [0.3, 0.4) is 0 Å². The second-order valence-corrected chi connectivity index (χ2v) is 7.28. The normalized spacial score (nSPS) is 11.5. The standard InChI is InChI=1S/C25H23N3O2S/c1-18(20-11-6-3-7-12-20)26-24(30)21-13-8-14-22(17-21)27-25(31)28-23(29)16-15-19-9-4-2-5-10-19/h2-18H,1H3,(H,26,30)(H2,27,28,29,31)/b16-15+. The van der Waals surface area contributed by atoms with Crippen molar-refractivity contribution < 1.29 is 9.59 Å². The van der Waals surface area contributed by atoms with E-state index < -0.39 is 0 Å². The van der Waals surface area contributed by atoms with Crippen LogP contribution in [0.1, 0.15) is 34.5 Å². The van der Waals surface area contributed by atoms with E-state index in [-0.39, 0.29) is 23.0 Å². The summed E-state index contributed by atoms with van der Waals surface area (Å²) in [5.41, 5.74) is 3.04. The van der Waals surface area contributed by atoms with Gasteiger partial charge < -0.3 is 10.6 Å². The molecule has 31 heavy (non-hydrogen) atoms. The molecule has 0 bridgehead atoms. The molecule has 2 amide bonds. The highest BCUT2D eigenvalue weighted by atomic mass is 32.1. The number of anilines is 1. The first-order valence-corrected chi connectivity index (χ1v) is 10.2. The van der Waals surface area contributed by atoms with Crippen molar-refractivity contribution in [3.8, 4) is 0 Å². The van der Waals surface area contributed by atoms with Crippen molar-refractivity contribution in [1.29, 1.82) is 0 Å². The Bertz CT molecular complexity index is 1080. The smallest absolute Gasteiger partial charge is 0.251 e. The summed E-state index contributed by atoms with van der Waals surface area (Å²) in [6, 6.07) is 26.1. The number of thiocarbonyl (C=S) groups is 1. The predicted molar refractivity (Wildman–Crippen MR) is 129 cm³/mol. The van der Waals surface area contributed by atoms with Gasteiger partial charge in [0, 0.05) is 17.3 Å². The summed E-state index contributed by atoms with van der Waals surface area (Å²) in [6.07, 6.45) is 3.12. The molecule has 0 heterocycles. The number of amides is 2. The van der Waals surface area contributed by atoms with Crippen LogP contribution >= 0.6 is 12.2 Å². The van der Waals surface area contributed by atoms with Gasteiger partial charge >= 0.3 is 0 Å². The van der Waals surface area contributed by atoms with E-state index in [4.69, 9.17) is 12.2 Å². The van der Waals surface area contributed by atoms with Crippen LogP contribution in [0.2, 0.25) is 0 Å². The minimum Gasteiger partial charge on any atom is -0.346 e. The highest BCUT2D eigenvalue weighted by molar-refractivity contribution is 7.80. The Labute approximate surface area is 187 Å². The first-order chi connectivity index (χ1) is 15.0. The summed E-state index contributed by atoms with van der Waals surface area (Å²) in [4.78, 5) is 24.7. The average molecular weight is 430 g/mol. The molecule has 0 aromatic heterocycles. The van der Waals surface area contributed by atoms with Gasteiger partial charge in [0.05, 0.1) is 6.04 Å². The zero-order valence-electron chi connectivity index (χ0n) is 17.0. The first kappa shape index (κ1) is 21.9. The Morgan fingerprint density at radius 3 is 2.29 bits per heavy atom. The fourth-order valence-electron chi connectivity index (χ4n) is 2.90. The molecule has 3 aromatic carbocycles. The van der Waals surface area contributed by atoms with Crippen LogP contribution in [0.25, 0.3) is 6.08 Å². The lowest BCUT2D eigenvalue weighted by Crippen LogP contribution is -2.33. The molecule has 1 atom stereocenters. The number of benzene rings is 3. The Hall–Kier alpha value is -3.77. The maximum absolute atomic E-state index is 12.6. The van der Waals surface area contributed by atoms with Crippen molar-refractivity contribution in [3.63, 3.8) is 0 Å². The van der Waals surface area contributed by atoms with Gasteiger partial charge in [-0.2, -0.15) is 0 Å². The molecule has 0 saturated heterocycles. The first-order valence-electron chi connectivity index (χ1n) is 9.82. The summed E-state index contributed by atoms with van der Waals surface area (Å²) >= 11 is 5.21. The topological polar surface area (TPSA) is 70.2 Å². The van der Waals surface area contributed by atoms with Gasteiger partial charge in [0.1, 0.15) is 0 Å². The number of hydrogen-bond donors (Lipinski definition) is 3. The molecule has 3 rings (SSSR count). The quantitative estimate of drug-likeness (QED) is 0.392. The van der Waals surface area contributed by atoms with Gasteiger partial charge in [-0.05, 0) is 54.5 Å². The van der Waals surface area contributed by atoms with E-state index in [2.05, 4.69) is 16.0 Å². The highest BCUT2D eigenvalue weighted by Gasteiger charge is 2.12. The number of nitrogens with one attached hydrogen (secondary N) is 3. The van der Waals surface area contributed by atoms with Crippen molar-refractivity contribution in [3.05, 3.63) is 108 Å². The van der Waals surface area contributed by atoms with Crippen molar-refractivity contribution in [2.45, 2.75) is 13.0 Å². The Balaban J connectivity index is 1.55. The summed E-state index contributed by atoms with van der Waals surface area (Å²) < 4.78 is 0. The predicted octanol–water partition coefficient (Wildman–Crippen LogP) is 4.70. The molecule has 0 fully saturated rings. The van der Waals surface area contributed by atoms with Crippen LogP contribution in [-0.2, 0) is 4.79 Å². The summed E-state index contributed by atoms with van der Waals surface area (Å²) in [5, 5.41) is 8.66. The SMILES string of the molecule is CC(NC(=O)c1cccc(NC(=S)NC(=O)/C=C/c2ccccc2)c1)c1ccccc1. The van der Waals surface area contributed by atoms with E-state index >= 15 is 0 Å². The average Bonchev–Trinajstić information content (AvgIpc) is 2.79. The zero-order chi connectivity index (χ0) is 22.1. The van der Waals surface area contributed by atoms with E-state index in [0.29, 0.717) is 11.3 Å². The lowest BCUT2D eigenvalue weighted by atomic mass is 10.1.